The number of nitrogens with zero attached hydrogens (tertiary/aromatic N) is 8. The Labute approximate surface area is 245 Å². The molecule has 0 radical (unpaired) electrons. The molecular formula is C25H22ClF5N10O2. The van der Waals surface area contributed by atoms with Crippen molar-refractivity contribution < 1.29 is 31.5 Å². The van der Waals surface area contributed by atoms with Crippen molar-refractivity contribution in [3.8, 4) is 11.9 Å². The van der Waals surface area contributed by atoms with E-state index < -0.39 is 42.2 Å². The second-order valence-corrected chi connectivity index (χ2v) is 10.1. The number of hydrogen-bond acceptors (Lipinski definition) is 8. The first kappa shape index (κ1) is 31.2. The lowest BCUT2D eigenvalue weighted by Crippen LogP contribution is -2.36. The van der Waals surface area contributed by atoms with Crippen molar-refractivity contribution in [2.75, 3.05) is 0 Å². The van der Waals surface area contributed by atoms with E-state index >= 15 is 0 Å². The standard InChI is InChI=1S/C25H22ClF5N10O2/c1-12(2)34-21(42)16-8-14(10-32)7-13(3)19(16)35-22(43)18-9-15(37-41(18)20-17(26)5-4-6-33-20)11-40-23(36-38-39-40)24(27,28)25(29,30)31/h4-7,9,12,14H,8,11H2,1-3H3,(H,34,42)(H,35,43). The molecule has 12 nitrogen and oxygen atoms in total. The summed E-state index contributed by atoms with van der Waals surface area (Å²) in [6, 6.07) is 5.86. The van der Waals surface area contributed by atoms with Crippen molar-refractivity contribution in [3.05, 3.63) is 69.6 Å². The van der Waals surface area contributed by atoms with Crippen LogP contribution in [0.25, 0.3) is 5.82 Å². The van der Waals surface area contributed by atoms with Gasteiger partial charge < -0.3 is 10.6 Å². The molecule has 1 unspecified atom stereocenters. The molecule has 18 heteroatoms. The highest BCUT2D eigenvalue weighted by Gasteiger charge is 2.62. The van der Waals surface area contributed by atoms with Crippen LogP contribution in [0.4, 0.5) is 22.0 Å². The Morgan fingerprint density at radius 3 is 2.58 bits per heavy atom. The van der Waals surface area contributed by atoms with E-state index in [0.29, 0.717) is 5.57 Å². The fourth-order valence-corrected chi connectivity index (χ4v) is 4.38. The van der Waals surface area contributed by atoms with Crippen LogP contribution in [0.5, 0.6) is 0 Å². The number of halogens is 6. The minimum atomic E-state index is -5.98. The van der Waals surface area contributed by atoms with E-state index in [1.54, 1.807) is 26.8 Å². The number of nitriles is 1. The maximum absolute atomic E-state index is 14.1. The Morgan fingerprint density at radius 1 is 1.23 bits per heavy atom. The summed E-state index contributed by atoms with van der Waals surface area (Å²) in [5.41, 5.74) is 0.228. The van der Waals surface area contributed by atoms with Gasteiger partial charge in [-0.1, -0.05) is 17.7 Å². The predicted molar refractivity (Wildman–Crippen MR) is 138 cm³/mol. The Bertz CT molecular complexity index is 1670. The average Bonchev–Trinajstić information content (AvgIpc) is 3.56. The fraction of sp³-hybridized carbons (Fsp3) is 0.360. The quantitative estimate of drug-likeness (QED) is 0.360. The number of rotatable bonds is 8. The molecule has 43 heavy (non-hydrogen) atoms. The number of nitrogens with one attached hydrogen (secondary N) is 2. The Morgan fingerprint density at radius 2 is 1.95 bits per heavy atom. The highest BCUT2D eigenvalue weighted by atomic mass is 35.5. The van der Waals surface area contributed by atoms with E-state index in [1.165, 1.54) is 18.3 Å². The van der Waals surface area contributed by atoms with Crippen LogP contribution in [-0.4, -0.2) is 59.0 Å². The summed E-state index contributed by atoms with van der Waals surface area (Å²) in [5.74, 6) is -9.21. The van der Waals surface area contributed by atoms with Gasteiger partial charge in [-0.05, 0) is 61.4 Å². The van der Waals surface area contributed by atoms with Crippen LogP contribution in [0.15, 0.2) is 47.3 Å². The lowest BCUT2D eigenvalue weighted by molar-refractivity contribution is -0.293. The first-order chi connectivity index (χ1) is 20.1. The third kappa shape index (κ3) is 6.38. The van der Waals surface area contributed by atoms with Crippen LogP contribution < -0.4 is 10.6 Å². The molecule has 2 N–H and O–H groups in total. The number of tetrazole rings is 1. The predicted octanol–water partition coefficient (Wildman–Crippen LogP) is 3.61. The lowest BCUT2D eigenvalue weighted by Gasteiger charge is -2.23. The summed E-state index contributed by atoms with van der Waals surface area (Å²) < 4.78 is 68.3. The molecule has 1 aliphatic rings. The van der Waals surface area contributed by atoms with Gasteiger partial charge in [0.05, 0.1) is 34.9 Å². The van der Waals surface area contributed by atoms with Crippen molar-refractivity contribution in [3.63, 3.8) is 0 Å². The summed E-state index contributed by atoms with van der Waals surface area (Å²) in [6.07, 6.45) is -3.05. The van der Waals surface area contributed by atoms with Crippen molar-refractivity contribution in [2.45, 2.75) is 51.9 Å². The maximum atomic E-state index is 14.1. The average molecular weight is 625 g/mol. The SMILES string of the molecule is CC1=CC(C#N)CC(C(=O)NC(C)C)=C1NC(=O)c1cc(Cn2nnnc2C(F)(F)C(F)(F)F)nn1-c1ncccc1Cl. The molecule has 3 heterocycles. The molecule has 0 saturated heterocycles. The molecule has 0 spiro atoms. The normalized spacial score (nSPS) is 15.7. The molecule has 1 aliphatic carbocycles. The number of amides is 2. The lowest BCUT2D eigenvalue weighted by atomic mass is 9.88. The van der Waals surface area contributed by atoms with Gasteiger partial charge in [0.25, 0.3) is 5.91 Å². The third-order valence-corrected chi connectivity index (χ3v) is 6.38. The number of hydrogen-bond donors (Lipinski definition) is 2. The van der Waals surface area contributed by atoms with Crippen molar-refractivity contribution in [1.82, 2.24) is 45.6 Å². The highest BCUT2D eigenvalue weighted by Crippen LogP contribution is 2.42. The van der Waals surface area contributed by atoms with Gasteiger partial charge in [0.15, 0.2) is 5.82 Å². The topological polar surface area (TPSA) is 156 Å². The zero-order valence-electron chi connectivity index (χ0n) is 22.6. The van der Waals surface area contributed by atoms with Crippen molar-refractivity contribution in [2.24, 2.45) is 5.92 Å². The first-order valence-electron chi connectivity index (χ1n) is 12.5. The van der Waals surface area contributed by atoms with Crippen molar-refractivity contribution >= 4 is 23.4 Å². The maximum Gasteiger partial charge on any atom is 0.461 e. The zero-order chi connectivity index (χ0) is 31.7. The second kappa shape index (κ2) is 11.9. The Kier molecular flexibility index (Phi) is 8.62. The number of allylic oxidation sites excluding steroid dienone is 2. The Balaban J connectivity index is 1.77. The molecular weight excluding hydrogens is 603 g/mol. The molecule has 0 bridgehead atoms. The number of pyridine rings is 1. The van der Waals surface area contributed by atoms with E-state index in [0.717, 1.165) is 10.7 Å². The summed E-state index contributed by atoms with van der Waals surface area (Å²) in [5, 5.41) is 28.0. The molecule has 0 fully saturated rings. The van der Waals surface area contributed by atoms with E-state index in [2.05, 4.69) is 42.3 Å². The Hall–Kier alpha value is -4.72. The van der Waals surface area contributed by atoms with Crippen molar-refractivity contribution in [1.29, 1.82) is 5.26 Å². The largest absolute Gasteiger partial charge is 0.461 e. The van der Waals surface area contributed by atoms with E-state index in [4.69, 9.17) is 11.6 Å². The van der Waals surface area contributed by atoms with E-state index in [-0.39, 0.29) is 50.6 Å². The van der Waals surface area contributed by atoms with Crippen LogP contribution in [0.2, 0.25) is 5.02 Å². The van der Waals surface area contributed by atoms with Gasteiger partial charge in [0, 0.05) is 17.8 Å². The molecule has 0 aliphatic heterocycles. The summed E-state index contributed by atoms with van der Waals surface area (Å²) in [7, 11) is 0. The number of carbonyl (C=O) groups excluding carboxylic acids is 2. The fourth-order valence-electron chi connectivity index (χ4n) is 4.17. The number of alkyl halides is 5. The first-order valence-corrected chi connectivity index (χ1v) is 12.9. The highest BCUT2D eigenvalue weighted by molar-refractivity contribution is 6.32. The van der Waals surface area contributed by atoms with Gasteiger partial charge >= 0.3 is 12.1 Å². The van der Waals surface area contributed by atoms with E-state index in [9.17, 15) is 36.8 Å². The molecule has 0 saturated carbocycles. The van der Waals surface area contributed by atoms with Crippen LogP contribution in [0, 0.1) is 17.2 Å². The molecule has 2 amide bonds. The minimum Gasteiger partial charge on any atom is -0.350 e. The van der Waals surface area contributed by atoms with Crippen LogP contribution in [0.3, 0.4) is 0 Å². The third-order valence-electron chi connectivity index (χ3n) is 6.08. The van der Waals surface area contributed by atoms with E-state index in [1.807, 2.05) is 0 Å². The monoisotopic (exact) mass is 624 g/mol. The summed E-state index contributed by atoms with van der Waals surface area (Å²) in [6.45, 7) is 4.28. The molecule has 3 aromatic heterocycles. The number of aromatic nitrogens is 7. The minimum absolute atomic E-state index is 0.00802. The second-order valence-electron chi connectivity index (χ2n) is 9.70. The smallest absolute Gasteiger partial charge is 0.350 e. The summed E-state index contributed by atoms with van der Waals surface area (Å²) >= 11 is 6.26. The zero-order valence-corrected chi connectivity index (χ0v) is 23.4. The molecule has 0 aromatic carbocycles. The van der Waals surface area contributed by atoms with Gasteiger partial charge in [-0.3, -0.25) is 9.59 Å². The van der Waals surface area contributed by atoms with Gasteiger partial charge in [-0.2, -0.15) is 32.3 Å². The molecule has 226 valence electrons. The van der Waals surface area contributed by atoms with Crippen LogP contribution in [0.1, 0.15) is 49.2 Å². The number of carbonyl (C=O) groups is 2. The van der Waals surface area contributed by atoms with Crippen LogP contribution in [-0.2, 0) is 17.3 Å². The molecule has 3 aromatic rings. The van der Waals surface area contributed by atoms with Gasteiger partial charge in [0.1, 0.15) is 5.69 Å². The van der Waals surface area contributed by atoms with Crippen LogP contribution >= 0.6 is 11.6 Å². The van der Waals surface area contributed by atoms with Gasteiger partial charge in [-0.15, -0.1) is 5.10 Å². The summed E-state index contributed by atoms with van der Waals surface area (Å²) in [4.78, 5) is 30.7. The van der Waals surface area contributed by atoms with Gasteiger partial charge in [-0.25, -0.2) is 14.3 Å². The van der Waals surface area contributed by atoms with Gasteiger partial charge in [0.2, 0.25) is 11.7 Å². The molecule has 4 rings (SSSR count). The molecule has 1 atom stereocenters.